The number of hydrogen-bond donors (Lipinski definition) is 3. The standard InChI is InChI=1S/C13H15N5O4S/c19-9(14-4-1-3-10(20)21)7-8-11(22)17-13(23-8)18-12-15-5-2-6-16-12/h2,5-6,8H,1,3-4,7H2,(H,14,19)(H,20,21)(H,15,16,17,18,22). The average Bonchev–Trinajstić information content (AvgIpc) is 2.84. The lowest BCUT2D eigenvalue weighted by Crippen LogP contribution is -2.31. The van der Waals surface area contributed by atoms with Crippen molar-refractivity contribution in [2.24, 2.45) is 4.99 Å². The molecule has 2 rings (SSSR count). The Morgan fingerprint density at radius 2 is 2.13 bits per heavy atom. The Hall–Kier alpha value is -2.49. The van der Waals surface area contributed by atoms with Gasteiger partial charge in [0.15, 0.2) is 5.17 Å². The highest BCUT2D eigenvalue weighted by Gasteiger charge is 2.32. The minimum atomic E-state index is -0.908. The number of carboxylic acid groups (broad SMARTS) is 1. The van der Waals surface area contributed by atoms with Gasteiger partial charge in [0.2, 0.25) is 11.8 Å². The second-order valence-corrected chi connectivity index (χ2v) is 5.80. The molecule has 0 radical (unpaired) electrons. The molecule has 9 nitrogen and oxygen atoms in total. The number of carbonyl (C=O) groups excluding carboxylic acids is 2. The molecule has 0 saturated carbocycles. The monoisotopic (exact) mass is 337 g/mol. The first-order valence-corrected chi connectivity index (χ1v) is 7.74. The highest BCUT2D eigenvalue weighted by molar-refractivity contribution is 8.15. The third-order valence-corrected chi connectivity index (χ3v) is 3.87. The molecule has 1 aliphatic rings. The van der Waals surface area contributed by atoms with E-state index < -0.39 is 11.2 Å². The molecule has 1 atom stereocenters. The Balaban J connectivity index is 1.80. The zero-order chi connectivity index (χ0) is 16.7. The Bertz CT molecular complexity index is 622. The molecule has 1 unspecified atom stereocenters. The number of carbonyl (C=O) groups is 3. The summed E-state index contributed by atoms with van der Waals surface area (Å²) in [6.45, 7) is 0.267. The Kier molecular flexibility index (Phi) is 6.03. The highest BCUT2D eigenvalue weighted by Crippen LogP contribution is 2.23. The van der Waals surface area contributed by atoms with Crippen LogP contribution >= 0.6 is 11.8 Å². The van der Waals surface area contributed by atoms with Crippen molar-refractivity contribution in [3.63, 3.8) is 0 Å². The van der Waals surface area contributed by atoms with Crippen LogP contribution in [0, 0.1) is 0 Å². The van der Waals surface area contributed by atoms with Crippen molar-refractivity contribution < 1.29 is 19.5 Å². The molecule has 122 valence electrons. The van der Waals surface area contributed by atoms with E-state index in [9.17, 15) is 14.4 Å². The van der Waals surface area contributed by atoms with E-state index in [4.69, 9.17) is 5.11 Å². The van der Waals surface area contributed by atoms with Crippen LogP contribution in [-0.2, 0) is 14.4 Å². The largest absolute Gasteiger partial charge is 0.481 e. The summed E-state index contributed by atoms with van der Waals surface area (Å²) in [6.07, 6.45) is 3.42. The summed E-state index contributed by atoms with van der Waals surface area (Å²) in [5.41, 5.74) is 0. The predicted molar refractivity (Wildman–Crippen MR) is 83.1 cm³/mol. The minimum Gasteiger partial charge on any atom is -0.481 e. The molecule has 1 aromatic rings. The van der Waals surface area contributed by atoms with E-state index in [0.717, 1.165) is 11.8 Å². The van der Waals surface area contributed by atoms with Gasteiger partial charge in [-0.15, -0.1) is 0 Å². The van der Waals surface area contributed by atoms with Crippen molar-refractivity contribution in [3.05, 3.63) is 18.5 Å². The number of rotatable bonds is 7. The van der Waals surface area contributed by atoms with Crippen LogP contribution in [0.25, 0.3) is 0 Å². The second kappa shape index (κ2) is 8.22. The van der Waals surface area contributed by atoms with Gasteiger partial charge in [0.05, 0.1) is 0 Å². The van der Waals surface area contributed by atoms with Crippen molar-refractivity contribution in [2.45, 2.75) is 24.5 Å². The van der Waals surface area contributed by atoms with Gasteiger partial charge in [-0.05, 0) is 12.5 Å². The van der Waals surface area contributed by atoms with Gasteiger partial charge in [0.1, 0.15) is 5.25 Å². The van der Waals surface area contributed by atoms with Gasteiger partial charge >= 0.3 is 5.97 Å². The SMILES string of the molecule is O=C(O)CCCNC(=O)CC1S/C(=N\c2ncccn2)NC1=O. The lowest BCUT2D eigenvalue weighted by Gasteiger charge is -2.06. The number of aromatic nitrogens is 2. The molecular weight excluding hydrogens is 322 g/mol. The number of amidine groups is 1. The first-order chi connectivity index (χ1) is 11.0. The molecule has 1 saturated heterocycles. The van der Waals surface area contributed by atoms with Crippen LogP contribution in [0.2, 0.25) is 0 Å². The fourth-order valence-electron chi connectivity index (χ4n) is 1.74. The molecular formula is C13H15N5O4S. The number of amides is 2. The van der Waals surface area contributed by atoms with Crippen LogP contribution in [0.5, 0.6) is 0 Å². The number of aliphatic carboxylic acids is 1. The van der Waals surface area contributed by atoms with E-state index >= 15 is 0 Å². The highest BCUT2D eigenvalue weighted by atomic mass is 32.2. The summed E-state index contributed by atoms with van der Waals surface area (Å²) >= 11 is 1.14. The van der Waals surface area contributed by atoms with Crippen LogP contribution in [0.3, 0.4) is 0 Å². The smallest absolute Gasteiger partial charge is 0.303 e. The molecule has 0 aromatic carbocycles. The van der Waals surface area contributed by atoms with Gasteiger partial charge in [0.25, 0.3) is 5.95 Å². The summed E-state index contributed by atoms with van der Waals surface area (Å²) in [6, 6.07) is 1.65. The van der Waals surface area contributed by atoms with Gasteiger partial charge in [-0.25, -0.2) is 9.97 Å². The van der Waals surface area contributed by atoms with Gasteiger partial charge in [-0.2, -0.15) is 4.99 Å². The van der Waals surface area contributed by atoms with Gasteiger partial charge in [0, 0.05) is 31.8 Å². The van der Waals surface area contributed by atoms with Crippen LogP contribution in [0.4, 0.5) is 5.95 Å². The number of nitrogens with zero attached hydrogens (tertiary/aromatic N) is 3. The summed E-state index contributed by atoms with van der Waals surface area (Å²) in [5, 5.41) is 13.4. The van der Waals surface area contributed by atoms with Crippen molar-refractivity contribution in [1.29, 1.82) is 0 Å². The molecule has 1 fully saturated rings. The van der Waals surface area contributed by atoms with Crippen LogP contribution in [0.1, 0.15) is 19.3 Å². The van der Waals surface area contributed by atoms with Gasteiger partial charge < -0.3 is 15.7 Å². The third kappa shape index (κ3) is 5.66. The van der Waals surface area contributed by atoms with Gasteiger partial charge in [-0.1, -0.05) is 11.8 Å². The fourth-order valence-corrected chi connectivity index (χ4v) is 2.70. The summed E-state index contributed by atoms with van der Waals surface area (Å²) < 4.78 is 0. The number of carboxylic acids is 1. The molecule has 1 aliphatic heterocycles. The lowest BCUT2D eigenvalue weighted by atomic mass is 10.2. The van der Waals surface area contributed by atoms with Crippen LogP contribution in [-0.4, -0.2) is 49.8 Å². The predicted octanol–water partition coefficient (Wildman–Crippen LogP) is 0.0668. The molecule has 0 spiro atoms. The van der Waals surface area contributed by atoms with Crippen molar-refractivity contribution in [1.82, 2.24) is 20.6 Å². The molecule has 0 bridgehead atoms. The Morgan fingerprint density at radius 1 is 1.39 bits per heavy atom. The first kappa shape index (κ1) is 16.9. The Morgan fingerprint density at radius 3 is 2.83 bits per heavy atom. The molecule has 0 aliphatic carbocycles. The number of hydrogen-bond acceptors (Lipinski definition) is 7. The topological polar surface area (TPSA) is 134 Å². The van der Waals surface area contributed by atoms with E-state index in [2.05, 4.69) is 25.6 Å². The van der Waals surface area contributed by atoms with Crippen LogP contribution < -0.4 is 10.6 Å². The quantitative estimate of drug-likeness (QED) is 0.599. The van der Waals surface area contributed by atoms with E-state index in [1.165, 1.54) is 12.4 Å². The van der Waals surface area contributed by atoms with E-state index in [-0.39, 0.29) is 37.1 Å². The number of aliphatic imine (C=N–C) groups is 1. The van der Waals surface area contributed by atoms with Gasteiger partial charge in [-0.3, -0.25) is 14.4 Å². The number of nitrogens with one attached hydrogen (secondary N) is 2. The molecule has 1 aromatic heterocycles. The van der Waals surface area contributed by atoms with E-state index in [1.54, 1.807) is 6.07 Å². The maximum atomic E-state index is 11.8. The van der Waals surface area contributed by atoms with Crippen molar-refractivity contribution >= 4 is 40.7 Å². The van der Waals surface area contributed by atoms with Crippen molar-refractivity contribution in [2.75, 3.05) is 6.54 Å². The zero-order valence-corrected chi connectivity index (χ0v) is 12.9. The first-order valence-electron chi connectivity index (χ1n) is 6.86. The molecule has 10 heteroatoms. The maximum absolute atomic E-state index is 11.8. The molecule has 2 heterocycles. The maximum Gasteiger partial charge on any atom is 0.303 e. The van der Waals surface area contributed by atoms with Crippen LogP contribution in [0.15, 0.2) is 23.5 Å². The third-order valence-electron chi connectivity index (χ3n) is 2.79. The van der Waals surface area contributed by atoms with Crippen molar-refractivity contribution in [3.8, 4) is 0 Å². The molecule has 3 N–H and O–H groups in total. The summed E-state index contributed by atoms with van der Waals surface area (Å²) in [4.78, 5) is 45.9. The van der Waals surface area contributed by atoms with E-state index in [1.807, 2.05) is 0 Å². The zero-order valence-electron chi connectivity index (χ0n) is 12.1. The average molecular weight is 337 g/mol. The Labute approximate surface area is 136 Å². The minimum absolute atomic E-state index is 0.00175. The normalized spacial score (nSPS) is 18.7. The molecule has 2 amide bonds. The summed E-state index contributed by atoms with van der Waals surface area (Å²) in [5.74, 6) is -1.28. The fraction of sp³-hybridized carbons (Fsp3) is 0.385. The number of thioether (sulfide) groups is 1. The lowest BCUT2D eigenvalue weighted by molar-refractivity contribution is -0.137. The summed E-state index contributed by atoms with van der Waals surface area (Å²) in [7, 11) is 0. The molecule has 23 heavy (non-hydrogen) atoms. The van der Waals surface area contributed by atoms with E-state index in [0.29, 0.717) is 11.6 Å². The second-order valence-electron chi connectivity index (χ2n) is 4.61.